The van der Waals surface area contributed by atoms with Crippen LogP contribution in [0, 0.1) is 23.7 Å². The van der Waals surface area contributed by atoms with Crippen LogP contribution in [0.25, 0.3) is 0 Å². The largest absolute Gasteiger partial charge is 0.391 e. The van der Waals surface area contributed by atoms with Gasteiger partial charge in [-0.2, -0.15) is 0 Å². The number of amides is 2. The number of ether oxygens (including phenoxy) is 2. The van der Waals surface area contributed by atoms with E-state index in [1.165, 1.54) is 6.42 Å². The van der Waals surface area contributed by atoms with E-state index in [2.05, 4.69) is 38.3 Å². The molecule has 5 unspecified atom stereocenters. The van der Waals surface area contributed by atoms with Crippen molar-refractivity contribution in [2.45, 2.75) is 139 Å². The molecule has 0 aromatic rings. The quantitative estimate of drug-likeness (QED) is 0.331. The minimum Gasteiger partial charge on any atom is -0.391 e. The Labute approximate surface area is 238 Å². The molecule has 0 spiro atoms. The van der Waals surface area contributed by atoms with E-state index in [0.29, 0.717) is 68.6 Å². The third kappa shape index (κ3) is 7.66. The van der Waals surface area contributed by atoms with Crippen molar-refractivity contribution in [3.63, 3.8) is 0 Å². The predicted molar refractivity (Wildman–Crippen MR) is 149 cm³/mol. The smallest absolute Gasteiger partial charge is 0.246 e. The topological polar surface area (TPSA) is 96.9 Å². The summed E-state index contributed by atoms with van der Waals surface area (Å²) in [5, 5.41) is 16.8. The van der Waals surface area contributed by atoms with Crippen LogP contribution in [0.2, 0.25) is 0 Å². The lowest BCUT2D eigenvalue weighted by Crippen LogP contribution is -2.70. The maximum absolute atomic E-state index is 13.9. The average molecular weight is 573 g/mol. The molecule has 2 bridgehead atoms. The van der Waals surface area contributed by atoms with Crippen molar-refractivity contribution in [1.29, 1.82) is 0 Å². The molecule has 5 rings (SSSR count). The molecule has 5 aliphatic rings. The molecule has 5 fully saturated rings. The number of aliphatic hydroxyl groups excluding tert-OH is 1. The zero-order chi connectivity index (χ0) is 28.4. The summed E-state index contributed by atoms with van der Waals surface area (Å²) in [4.78, 5) is 25.7. The molecule has 6 atom stereocenters. The number of hydrogen-bond donors (Lipinski definition) is 3. The molecule has 9 heteroatoms. The number of rotatable bonds is 10. The van der Waals surface area contributed by atoms with Crippen molar-refractivity contribution in [2.75, 3.05) is 13.2 Å². The van der Waals surface area contributed by atoms with Crippen molar-refractivity contribution in [3.8, 4) is 0 Å². The van der Waals surface area contributed by atoms with Crippen molar-refractivity contribution in [3.05, 3.63) is 0 Å². The minimum absolute atomic E-state index is 0.0444. The predicted octanol–water partition coefficient (Wildman–Crippen LogP) is 4.66. The van der Waals surface area contributed by atoms with Gasteiger partial charge in [-0.3, -0.25) is 9.59 Å². The monoisotopic (exact) mass is 572 g/mol. The Morgan fingerprint density at radius 3 is 1.97 bits per heavy atom. The van der Waals surface area contributed by atoms with E-state index in [4.69, 9.17) is 21.1 Å². The Hall–Kier alpha value is -0.960. The third-order valence-corrected chi connectivity index (χ3v) is 10.8. The molecule has 2 amide bonds. The number of halogens is 2. The molecule has 0 radical (unpaired) electrons. The SMILES string of the molecule is CC(C)C1CC(OCC(=O)NC23CCC(NC(=O)COC4CCC(Cl)C(F)C4)(CC2)[C@@H](O)C3)CC(C(C)C)C1. The molecule has 5 aliphatic carbocycles. The van der Waals surface area contributed by atoms with Gasteiger partial charge in [0.15, 0.2) is 0 Å². The Bertz CT molecular complexity index is 833. The highest BCUT2D eigenvalue weighted by Crippen LogP contribution is 2.47. The molecule has 0 aromatic carbocycles. The Morgan fingerprint density at radius 2 is 1.44 bits per heavy atom. The maximum atomic E-state index is 13.9. The summed E-state index contributed by atoms with van der Waals surface area (Å²) in [6.07, 6.45) is 5.49. The number of alkyl halides is 2. The van der Waals surface area contributed by atoms with E-state index >= 15 is 0 Å². The van der Waals surface area contributed by atoms with Gasteiger partial charge in [-0.1, -0.05) is 27.7 Å². The summed E-state index contributed by atoms with van der Waals surface area (Å²) in [5.74, 6) is 2.05. The number of carbonyl (C=O) groups is 2. The van der Waals surface area contributed by atoms with E-state index in [1.54, 1.807) is 0 Å². The molecule has 7 nitrogen and oxygen atoms in total. The number of aliphatic hydroxyl groups is 1. The highest BCUT2D eigenvalue weighted by molar-refractivity contribution is 6.21. The zero-order valence-corrected chi connectivity index (χ0v) is 25.0. The normalized spacial score (nSPS) is 40.6. The number of fused-ring (bicyclic) bond motifs is 3. The van der Waals surface area contributed by atoms with Crippen LogP contribution in [-0.2, 0) is 19.1 Å². The first-order valence-electron chi connectivity index (χ1n) is 15.2. The average Bonchev–Trinajstić information content (AvgIpc) is 2.89. The van der Waals surface area contributed by atoms with Crippen LogP contribution >= 0.6 is 11.6 Å². The van der Waals surface area contributed by atoms with Gasteiger partial charge in [0.05, 0.1) is 29.2 Å². The van der Waals surface area contributed by atoms with Gasteiger partial charge in [-0.25, -0.2) is 4.39 Å². The zero-order valence-electron chi connectivity index (χ0n) is 24.2. The number of carbonyl (C=O) groups excluding carboxylic acids is 2. The fourth-order valence-electron chi connectivity index (χ4n) is 7.47. The second-order valence-corrected chi connectivity index (χ2v) is 14.2. The fourth-order valence-corrected chi connectivity index (χ4v) is 7.69. The van der Waals surface area contributed by atoms with E-state index in [1.807, 2.05) is 0 Å². The van der Waals surface area contributed by atoms with Crippen molar-refractivity contribution < 1.29 is 28.6 Å². The van der Waals surface area contributed by atoms with Gasteiger partial charge >= 0.3 is 0 Å². The summed E-state index contributed by atoms with van der Waals surface area (Å²) < 4.78 is 25.7. The van der Waals surface area contributed by atoms with Crippen molar-refractivity contribution >= 4 is 23.4 Å². The van der Waals surface area contributed by atoms with Gasteiger partial charge in [0, 0.05) is 12.0 Å². The molecule has 5 saturated carbocycles. The highest BCUT2D eigenvalue weighted by Gasteiger charge is 2.55. The first-order chi connectivity index (χ1) is 18.4. The molecular formula is C30H50ClFN2O5. The molecule has 39 heavy (non-hydrogen) atoms. The number of nitrogens with one attached hydrogen (secondary N) is 2. The lowest BCUT2D eigenvalue weighted by atomic mass is 9.60. The van der Waals surface area contributed by atoms with Crippen LogP contribution in [0.5, 0.6) is 0 Å². The van der Waals surface area contributed by atoms with Crippen LogP contribution < -0.4 is 10.6 Å². The third-order valence-electron chi connectivity index (χ3n) is 10.3. The van der Waals surface area contributed by atoms with Gasteiger partial charge in [-0.15, -0.1) is 11.6 Å². The Morgan fingerprint density at radius 1 is 0.872 bits per heavy atom. The van der Waals surface area contributed by atoms with E-state index in [9.17, 15) is 19.1 Å². The molecule has 0 aliphatic heterocycles. The summed E-state index contributed by atoms with van der Waals surface area (Å²) in [6, 6.07) is 0. The second kappa shape index (κ2) is 12.9. The van der Waals surface area contributed by atoms with Crippen LogP contribution in [0.15, 0.2) is 0 Å². The van der Waals surface area contributed by atoms with Gasteiger partial charge in [0.25, 0.3) is 0 Å². The molecule has 3 N–H and O–H groups in total. The summed E-state index contributed by atoms with van der Waals surface area (Å²) >= 11 is 5.94. The molecule has 0 aromatic heterocycles. The fraction of sp³-hybridized carbons (Fsp3) is 0.933. The Kier molecular flexibility index (Phi) is 10.3. The standard InChI is InChI=1S/C30H50ClFN2O5/c1-18(2)20-11-21(19(3)4)13-23(12-20)39-16-27(36)33-29-7-9-30(10-8-29,26(35)15-29)34-28(37)17-38-22-5-6-24(31)25(32)14-22/h18-26,35H,5-17H2,1-4H3,(H,33,36)(H,34,37)/t20?,21?,22?,23?,24?,25?,26-,29?,30?/m0/s1. The maximum Gasteiger partial charge on any atom is 0.246 e. The second-order valence-electron chi connectivity index (χ2n) is 13.7. The molecule has 0 heterocycles. The summed E-state index contributed by atoms with van der Waals surface area (Å²) in [6.45, 7) is 8.98. The van der Waals surface area contributed by atoms with Crippen LogP contribution in [-0.4, -0.2) is 71.1 Å². The summed E-state index contributed by atoms with van der Waals surface area (Å²) in [7, 11) is 0. The van der Waals surface area contributed by atoms with E-state index in [-0.39, 0.29) is 43.7 Å². The van der Waals surface area contributed by atoms with Crippen LogP contribution in [0.4, 0.5) is 4.39 Å². The Balaban J connectivity index is 1.22. The summed E-state index contributed by atoms with van der Waals surface area (Å²) in [5.41, 5.74) is -1.17. The van der Waals surface area contributed by atoms with E-state index < -0.39 is 28.7 Å². The molecule has 224 valence electrons. The van der Waals surface area contributed by atoms with Crippen molar-refractivity contribution in [1.82, 2.24) is 10.6 Å². The molecular weight excluding hydrogens is 523 g/mol. The lowest BCUT2D eigenvalue weighted by molar-refractivity contribution is -0.142. The minimum atomic E-state index is -1.11. The van der Waals surface area contributed by atoms with Crippen LogP contribution in [0.1, 0.15) is 98.3 Å². The van der Waals surface area contributed by atoms with Gasteiger partial charge in [-0.05, 0) is 87.9 Å². The first-order valence-corrected chi connectivity index (χ1v) is 15.7. The van der Waals surface area contributed by atoms with Crippen molar-refractivity contribution in [2.24, 2.45) is 23.7 Å². The van der Waals surface area contributed by atoms with Gasteiger partial charge in [0.2, 0.25) is 11.8 Å². The van der Waals surface area contributed by atoms with E-state index in [0.717, 1.165) is 12.8 Å². The van der Waals surface area contributed by atoms with Gasteiger partial charge in [0.1, 0.15) is 19.4 Å². The molecule has 0 saturated heterocycles. The lowest BCUT2D eigenvalue weighted by Gasteiger charge is -2.56. The van der Waals surface area contributed by atoms with Gasteiger partial charge < -0.3 is 25.2 Å². The van der Waals surface area contributed by atoms with Crippen LogP contribution in [0.3, 0.4) is 0 Å². The highest BCUT2D eigenvalue weighted by atomic mass is 35.5. The first kappa shape index (κ1) is 31.0. The number of hydrogen-bond acceptors (Lipinski definition) is 5.